The first-order chi connectivity index (χ1) is 12.3. The summed E-state index contributed by atoms with van der Waals surface area (Å²) in [5.74, 6) is -0.921. The Labute approximate surface area is 162 Å². The zero-order valence-corrected chi connectivity index (χ0v) is 15.9. The lowest BCUT2D eigenvalue weighted by Gasteiger charge is -2.31. The van der Waals surface area contributed by atoms with Gasteiger partial charge in [-0.2, -0.15) is 5.26 Å². The summed E-state index contributed by atoms with van der Waals surface area (Å²) in [6.45, 7) is 1.02. The van der Waals surface area contributed by atoms with Crippen LogP contribution >= 0.6 is 23.2 Å². The number of carbonyl (C=O) groups excluding carboxylic acids is 2. The van der Waals surface area contributed by atoms with Crippen molar-refractivity contribution in [1.29, 1.82) is 5.26 Å². The van der Waals surface area contributed by atoms with Crippen molar-refractivity contribution in [1.82, 2.24) is 5.32 Å². The molecule has 1 saturated carbocycles. The first kappa shape index (κ1) is 20.3. The van der Waals surface area contributed by atoms with E-state index in [1.165, 1.54) is 13.0 Å². The second kappa shape index (κ2) is 9.11. The van der Waals surface area contributed by atoms with Crippen molar-refractivity contribution in [2.75, 3.05) is 6.61 Å². The fourth-order valence-corrected chi connectivity index (χ4v) is 3.24. The lowest BCUT2D eigenvalue weighted by atomic mass is 9.83. The molecule has 1 amide bonds. The average molecular weight is 399 g/mol. The molecule has 140 valence electrons. The second-order valence-corrected chi connectivity index (χ2v) is 7.09. The first-order valence-electron chi connectivity index (χ1n) is 8.36. The number of amides is 1. The molecule has 1 aliphatic carbocycles. The van der Waals surface area contributed by atoms with Crippen LogP contribution in [-0.2, 0) is 14.3 Å². The van der Waals surface area contributed by atoms with E-state index >= 15 is 0 Å². The van der Waals surface area contributed by atoms with Crippen LogP contribution in [0, 0.1) is 11.3 Å². The molecular weight excluding hydrogens is 379 g/mol. The fourth-order valence-electron chi connectivity index (χ4n) is 2.79. The zero-order valence-electron chi connectivity index (χ0n) is 14.4. The molecule has 6 nitrogen and oxygen atoms in total. The summed E-state index contributed by atoms with van der Waals surface area (Å²) in [7, 11) is 0. The quantitative estimate of drug-likeness (QED) is 0.738. The molecule has 1 atom stereocenters. The van der Waals surface area contributed by atoms with E-state index in [0.29, 0.717) is 17.9 Å². The van der Waals surface area contributed by atoms with Crippen LogP contribution in [0.5, 0.6) is 5.75 Å². The van der Waals surface area contributed by atoms with Crippen molar-refractivity contribution in [2.24, 2.45) is 0 Å². The Morgan fingerprint density at radius 2 is 2.00 bits per heavy atom. The van der Waals surface area contributed by atoms with Gasteiger partial charge in [-0.25, -0.2) is 4.79 Å². The van der Waals surface area contributed by atoms with Gasteiger partial charge in [-0.15, -0.1) is 0 Å². The number of esters is 1. The molecule has 1 aromatic rings. The van der Waals surface area contributed by atoms with Crippen LogP contribution in [0.15, 0.2) is 18.2 Å². The predicted molar refractivity (Wildman–Crippen MR) is 97.1 cm³/mol. The molecule has 1 fully saturated rings. The Morgan fingerprint density at radius 1 is 1.31 bits per heavy atom. The molecule has 0 aliphatic heterocycles. The van der Waals surface area contributed by atoms with Crippen LogP contribution in [-0.4, -0.2) is 30.1 Å². The monoisotopic (exact) mass is 398 g/mol. The Balaban J connectivity index is 1.83. The van der Waals surface area contributed by atoms with Crippen LogP contribution in [0.4, 0.5) is 0 Å². The minimum atomic E-state index is -0.957. The van der Waals surface area contributed by atoms with Crippen molar-refractivity contribution in [3.05, 3.63) is 28.2 Å². The van der Waals surface area contributed by atoms with Crippen LogP contribution in [0.25, 0.3) is 0 Å². The number of carbonyl (C=O) groups is 2. The molecule has 1 aliphatic rings. The van der Waals surface area contributed by atoms with Crippen molar-refractivity contribution < 1.29 is 19.1 Å². The number of hydrogen-bond donors (Lipinski definition) is 1. The van der Waals surface area contributed by atoms with E-state index in [9.17, 15) is 14.9 Å². The van der Waals surface area contributed by atoms with Gasteiger partial charge in [0.25, 0.3) is 5.91 Å². The molecule has 0 heterocycles. The number of benzene rings is 1. The summed E-state index contributed by atoms with van der Waals surface area (Å²) in [6.07, 6.45) is 3.09. The second-order valence-electron chi connectivity index (χ2n) is 6.25. The topological polar surface area (TPSA) is 88.4 Å². The highest BCUT2D eigenvalue weighted by Crippen LogP contribution is 2.29. The lowest BCUT2D eigenvalue weighted by Crippen LogP contribution is -2.50. The Hall–Kier alpha value is -1.97. The SMILES string of the molecule is C[C@H](Oc1ccc(Cl)cc1Cl)C(=O)OCC(=O)NC1(C#N)CCCCC1. The lowest BCUT2D eigenvalue weighted by molar-refractivity contribution is -0.155. The summed E-state index contributed by atoms with van der Waals surface area (Å²) in [5, 5.41) is 12.8. The number of nitrogens with one attached hydrogen (secondary N) is 1. The van der Waals surface area contributed by atoms with Gasteiger partial charge in [0.1, 0.15) is 11.3 Å². The smallest absolute Gasteiger partial charge is 0.347 e. The Bertz CT molecular complexity index is 712. The van der Waals surface area contributed by atoms with Crippen molar-refractivity contribution >= 4 is 35.1 Å². The summed E-state index contributed by atoms with van der Waals surface area (Å²) in [4.78, 5) is 24.0. The van der Waals surface area contributed by atoms with Crippen molar-refractivity contribution in [3.8, 4) is 11.8 Å². The number of rotatable bonds is 6. The first-order valence-corrected chi connectivity index (χ1v) is 9.11. The van der Waals surface area contributed by atoms with E-state index in [1.54, 1.807) is 12.1 Å². The van der Waals surface area contributed by atoms with E-state index in [-0.39, 0.29) is 10.8 Å². The van der Waals surface area contributed by atoms with Gasteiger partial charge in [-0.3, -0.25) is 4.79 Å². The number of nitrogens with zero attached hydrogens (tertiary/aromatic N) is 1. The summed E-state index contributed by atoms with van der Waals surface area (Å²) < 4.78 is 10.4. The van der Waals surface area contributed by atoms with Gasteiger partial charge in [-0.05, 0) is 38.0 Å². The van der Waals surface area contributed by atoms with Crippen LogP contribution in [0.2, 0.25) is 10.0 Å². The summed E-state index contributed by atoms with van der Waals surface area (Å²) in [6, 6.07) is 6.80. The predicted octanol–water partition coefficient (Wildman–Crippen LogP) is 3.65. The highest BCUT2D eigenvalue weighted by molar-refractivity contribution is 6.35. The Kier molecular flexibility index (Phi) is 7.13. The maximum absolute atomic E-state index is 12.0. The maximum Gasteiger partial charge on any atom is 0.347 e. The molecule has 8 heteroatoms. The highest BCUT2D eigenvalue weighted by atomic mass is 35.5. The van der Waals surface area contributed by atoms with E-state index < -0.39 is 30.1 Å². The molecule has 0 aromatic heterocycles. The molecule has 0 bridgehead atoms. The standard InChI is InChI=1S/C18H20Cl2N2O4/c1-12(26-15-6-5-13(19)9-14(15)20)17(24)25-10-16(23)22-18(11-21)7-3-2-4-8-18/h5-6,9,12H,2-4,7-8,10H2,1H3,(H,22,23)/t12-/m0/s1. The minimum Gasteiger partial charge on any atom is -0.477 e. The summed E-state index contributed by atoms with van der Waals surface area (Å²) >= 11 is 11.8. The molecule has 2 rings (SSSR count). The molecule has 1 aromatic carbocycles. The van der Waals surface area contributed by atoms with Gasteiger partial charge in [-0.1, -0.05) is 42.5 Å². The van der Waals surface area contributed by atoms with E-state index in [0.717, 1.165) is 19.3 Å². The molecule has 1 N–H and O–H groups in total. The normalized spacial score (nSPS) is 16.8. The van der Waals surface area contributed by atoms with Gasteiger partial charge >= 0.3 is 5.97 Å². The molecular formula is C18H20Cl2N2O4. The largest absolute Gasteiger partial charge is 0.477 e. The number of halogens is 2. The van der Waals surface area contributed by atoms with Gasteiger partial charge < -0.3 is 14.8 Å². The van der Waals surface area contributed by atoms with Crippen LogP contribution < -0.4 is 10.1 Å². The third-order valence-corrected chi connectivity index (χ3v) is 4.71. The van der Waals surface area contributed by atoms with Gasteiger partial charge in [0.2, 0.25) is 0 Å². The number of nitriles is 1. The molecule has 0 spiro atoms. The summed E-state index contributed by atoms with van der Waals surface area (Å²) in [5.41, 5.74) is -0.860. The molecule has 0 unspecified atom stereocenters. The zero-order chi connectivity index (χ0) is 19.2. The average Bonchev–Trinajstić information content (AvgIpc) is 2.62. The van der Waals surface area contributed by atoms with Gasteiger partial charge in [0.05, 0.1) is 11.1 Å². The van der Waals surface area contributed by atoms with E-state index in [2.05, 4.69) is 11.4 Å². The molecule has 0 saturated heterocycles. The minimum absolute atomic E-state index is 0.267. The van der Waals surface area contributed by atoms with Gasteiger partial charge in [0, 0.05) is 5.02 Å². The third kappa shape index (κ3) is 5.52. The number of hydrogen-bond acceptors (Lipinski definition) is 5. The highest BCUT2D eigenvalue weighted by Gasteiger charge is 2.33. The molecule has 0 radical (unpaired) electrons. The van der Waals surface area contributed by atoms with Crippen molar-refractivity contribution in [3.63, 3.8) is 0 Å². The maximum atomic E-state index is 12.0. The van der Waals surface area contributed by atoms with Crippen molar-refractivity contribution in [2.45, 2.75) is 50.7 Å². The van der Waals surface area contributed by atoms with Crippen LogP contribution in [0.3, 0.4) is 0 Å². The number of ether oxygens (including phenoxy) is 2. The van der Waals surface area contributed by atoms with E-state index in [1.807, 2.05) is 0 Å². The fraction of sp³-hybridized carbons (Fsp3) is 0.500. The van der Waals surface area contributed by atoms with E-state index in [4.69, 9.17) is 32.7 Å². The van der Waals surface area contributed by atoms with Gasteiger partial charge in [0.15, 0.2) is 12.7 Å². The van der Waals surface area contributed by atoms with Crippen LogP contribution in [0.1, 0.15) is 39.0 Å². The molecule has 26 heavy (non-hydrogen) atoms. The third-order valence-electron chi connectivity index (χ3n) is 4.17. The Morgan fingerprint density at radius 3 is 2.62 bits per heavy atom.